The van der Waals surface area contributed by atoms with Gasteiger partial charge in [-0.05, 0) is 50.0 Å². The molecule has 2 aliphatic rings. The highest BCUT2D eigenvalue weighted by Gasteiger charge is 2.35. The van der Waals surface area contributed by atoms with E-state index in [4.69, 9.17) is 0 Å². The zero-order valence-corrected chi connectivity index (χ0v) is 14.1. The first-order valence-corrected chi connectivity index (χ1v) is 9.09. The zero-order chi connectivity index (χ0) is 14.4. The zero-order valence-electron chi connectivity index (χ0n) is 14.1. The lowest BCUT2D eigenvalue weighted by Crippen LogP contribution is -2.47. The van der Waals surface area contributed by atoms with E-state index in [1.807, 2.05) is 0 Å². The van der Waals surface area contributed by atoms with Gasteiger partial charge in [0.2, 0.25) is 0 Å². The lowest BCUT2D eigenvalue weighted by Gasteiger charge is -2.42. The van der Waals surface area contributed by atoms with E-state index in [0.29, 0.717) is 11.5 Å². The number of nitrogens with one attached hydrogen (secondary N) is 1. The van der Waals surface area contributed by atoms with Gasteiger partial charge in [-0.2, -0.15) is 0 Å². The molecular weight excluding hydrogens is 244 g/mol. The summed E-state index contributed by atoms with van der Waals surface area (Å²) in [6.45, 7) is 12.2. The molecule has 0 unspecified atom stereocenters. The highest BCUT2D eigenvalue weighted by molar-refractivity contribution is 4.89. The molecule has 20 heavy (non-hydrogen) atoms. The highest BCUT2D eigenvalue weighted by Crippen LogP contribution is 2.38. The monoisotopic (exact) mass is 280 g/mol. The second-order valence-corrected chi connectivity index (χ2v) is 7.77. The summed E-state index contributed by atoms with van der Waals surface area (Å²) in [5.74, 6) is 1.03. The fourth-order valence-corrected chi connectivity index (χ4v) is 3.80. The summed E-state index contributed by atoms with van der Waals surface area (Å²) in [6.07, 6.45) is 11.5. The van der Waals surface area contributed by atoms with Gasteiger partial charge in [0.05, 0.1) is 0 Å². The van der Waals surface area contributed by atoms with Gasteiger partial charge in [0.15, 0.2) is 0 Å². The number of nitrogens with zero attached hydrogens (tertiary/aromatic N) is 1. The van der Waals surface area contributed by atoms with Crippen LogP contribution in [0.5, 0.6) is 0 Å². The van der Waals surface area contributed by atoms with E-state index < -0.39 is 0 Å². The molecule has 2 saturated carbocycles. The minimum atomic E-state index is 0.562. The van der Waals surface area contributed by atoms with Crippen LogP contribution in [0.2, 0.25) is 0 Å². The van der Waals surface area contributed by atoms with Gasteiger partial charge in [0, 0.05) is 25.7 Å². The van der Waals surface area contributed by atoms with Gasteiger partial charge in [-0.3, -0.25) is 0 Å². The molecule has 2 rings (SSSR count). The SMILES string of the molecule is CCCN(CC1CC1)CC1(CNC(C)C)CCCCC1. The molecule has 118 valence electrons. The van der Waals surface area contributed by atoms with Crippen molar-refractivity contribution in [2.24, 2.45) is 11.3 Å². The van der Waals surface area contributed by atoms with Gasteiger partial charge < -0.3 is 10.2 Å². The van der Waals surface area contributed by atoms with Crippen molar-refractivity contribution in [2.75, 3.05) is 26.2 Å². The number of hydrogen-bond acceptors (Lipinski definition) is 2. The summed E-state index contributed by atoms with van der Waals surface area (Å²) >= 11 is 0. The molecule has 2 nitrogen and oxygen atoms in total. The molecular formula is C18H36N2. The fraction of sp³-hybridized carbons (Fsp3) is 1.00. The Balaban J connectivity index is 1.92. The summed E-state index contributed by atoms with van der Waals surface area (Å²) in [5, 5.41) is 3.75. The molecule has 0 spiro atoms. The van der Waals surface area contributed by atoms with Crippen molar-refractivity contribution >= 4 is 0 Å². The van der Waals surface area contributed by atoms with Gasteiger partial charge in [-0.15, -0.1) is 0 Å². The smallest absolute Gasteiger partial charge is 0.00503 e. The molecule has 0 heterocycles. The normalized spacial score (nSPS) is 22.6. The molecule has 2 heteroatoms. The molecule has 0 aromatic rings. The van der Waals surface area contributed by atoms with E-state index in [1.54, 1.807) is 0 Å². The van der Waals surface area contributed by atoms with Crippen LogP contribution in [0.4, 0.5) is 0 Å². The maximum Gasteiger partial charge on any atom is 0.00503 e. The Morgan fingerprint density at radius 1 is 1.15 bits per heavy atom. The average molecular weight is 280 g/mol. The van der Waals surface area contributed by atoms with Crippen LogP contribution in [-0.4, -0.2) is 37.1 Å². The molecule has 0 bridgehead atoms. The summed E-state index contributed by atoms with van der Waals surface area (Å²) in [7, 11) is 0. The predicted molar refractivity (Wildman–Crippen MR) is 88.1 cm³/mol. The Kier molecular flexibility index (Phi) is 6.35. The Morgan fingerprint density at radius 2 is 1.85 bits per heavy atom. The third-order valence-corrected chi connectivity index (χ3v) is 5.11. The van der Waals surface area contributed by atoms with Crippen molar-refractivity contribution in [1.29, 1.82) is 0 Å². The van der Waals surface area contributed by atoms with Gasteiger partial charge in [-0.1, -0.05) is 40.0 Å². The summed E-state index contributed by atoms with van der Waals surface area (Å²) in [5.41, 5.74) is 0.562. The van der Waals surface area contributed by atoms with Crippen molar-refractivity contribution in [2.45, 2.75) is 78.2 Å². The van der Waals surface area contributed by atoms with Crippen LogP contribution < -0.4 is 5.32 Å². The molecule has 2 aliphatic carbocycles. The van der Waals surface area contributed by atoms with Gasteiger partial charge >= 0.3 is 0 Å². The second-order valence-electron chi connectivity index (χ2n) is 7.77. The first-order chi connectivity index (χ1) is 9.63. The maximum atomic E-state index is 3.75. The minimum absolute atomic E-state index is 0.562. The van der Waals surface area contributed by atoms with E-state index in [2.05, 4.69) is 31.0 Å². The van der Waals surface area contributed by atoms with Crippen LogP contribution >= 0.6 is 0 Å². The maximum absolute atomic E-state index is 3.75. The van der Waals surface area contributed by atoms with Crippen molar-refractivity contribution in [3.8, 4) is 0 Å². The van der Waals surface area contributed by atoms with E-state index in [1.165, 1.54) is 77.5 Å². The van der Waals surface area contributed by atoms with Crippen LogP contribution in [0.3, 0.4) is 0 Å². The second kappa shape index (κ2) is 7.79. The Morgan fingerprint density at radius 3 is 2.40 bits per heavy atom. The minimum Gasteiger partial charge on any atom is -0.314 e. The number of hydrogen-bond donors (Lipinski definition) is 1. The average Bonchev–Trinajstić information content (AvgIpc) is 3.22. The Hall–Kier alpha value is -0.0800. The summed E-state index contributed by atoms with van der Waals surface area (Å²) < 4.78 is 0. The topological polar surface area (TPSA) is 15.3 Å². The van der Waals surface area contributed by atoms with Crippen molar-refractivity contribution in [3.05, 3.63) is 0 Å². The lowest BCUT2D eigenvalue weighted by atomic mass is 9.73. The van der Waals surface area contributed by atoms with Gasteiger partial charge in [0.1, 0.15) is 0 Å². The number of rotatable bonds is 9. The summed E-state index contributed by atoms with van der Waals surface area (Å²) in [6, 6.07) is 0.622. The van der Waals surface area contributed by atoms with Crippen LogP contribution in [0.25, 0.3) is 0 Å². The Bertz CT molecular complexity index is 265. The first kappa shape index (κ1) is 16.3. The first-order valence-electron chi connectivity index (χ1n) is 9.09. The standard InChI is InChI=1S/C18H36N2/c1-4-12-20(13-17-8-9-17)15-18(14-19-16(2)3)10-6-5-7-11-18/h16-17,19H,4-15H2,1-3H3. The van der Waals surface area contributed by atoms with Gasteiger partial charge in [0.25, 0.3) is 0 Å². The van der Waals surface area contributed by atoms with Crippen LogP contribution in [0.15, 0.2) is 0 Å². The third kappa shape index (κ3) is 5.37. The fourth-order valence-electron chi connectivity index (χ4n) is 3.80. The van der Waals surface area contributed by atoms with Crippen LogP contribution in [-0.2, 0) is 0 Å². The molecule has 2 fully saturated rings. The predicted octanol–water partition coefficient (Wildman–Crippen LogP) is 4.06. The van der Waals surface area contributed by atoms with Crippen molar-refractivity contribution < 1.29 is 0 Å². The third-order valence-electron chi connectivity index (χ3n) is 5.11. The van der Waals surface area contributed by atoms with Crippen molar-refractivity contribution in [3.63, 3.8) is 0 Å². The summed E-state index contributed by atoms with van der Waals surface area (Å²) in [4.78, 5) is 2.80. The van der Waals surface area contributed by atoms with E-state index >= 15 is 0 Å². The van der Waals surface area contributed by atoms with E-state index in [-0.39, 0.29) is 0 Å². The van der Waals surface area contributed by atoms with E-state index in [9.17, 15) is 0 Å². The molecule has 0 aromatic heterocycles. The largest absolute Gasteiger partial charge is 0.314 e. The van der Waals surface area contributed by atoms with Crippen LogP contribution in [0, 0.1) is 11.3 Å². The quantitative estimate of drug-likeness (QED) is 0.685. The Labute approximate surface area is 126 Å². The molecule has 0 aromatic carbocycles. The molecule has 0 saturated heterocycles. The van der Waals surface area contributed by atoms with E-state index in [0.717, 1.165) is 5.92 Å². The molecule has 0 amide bonds. The van der Waals surface area contributed by atoms with Crippen molar-refractivity contribution in [1.82, 2.24) is 10.2 Å². The van der Waals surface area contributed by atoms with Crippen LogP contribution in [0.1, 0.15) is 72.1 Å². The molecule has 1 N–H and O–H groups in total. The highest BCUT2D eigenvalue weighted by atomic mass is 15.1. The lowest BCUT2D eigenvalue weighted by molar-refractivity contribution is 0.0968. The van der Waals surface area contributed by atoms with Gasteiger partial charge in [-0.25, -0.2) is 0 Å². The molecule has 0 atom stereocenters. The molecule has 0 aliphatic heterocycles. The molecule has 0 radical (unpaired) electrons.